The molecule has 0 bridgehead atoms. The van der Waals surface area contributed by atoms with Crippen LogP contribution >= 0.6 is 0 Å². The first-order chi connectivity index (χ1) is 12.6. The minimum Gasteiger partial charge on any atom is -0.372 e. The number of carbonyl (C=O) groups excluding carboxylic acids is 2. The van der Waals surface area contributed by atoms with E-state index in [4.69, 9.17) is 4.74 Å². The maximum absolute atomic E-state index is 13.0. The van der Waals surface area contributed by atoms with Crippen molar-refractivity contribution in [1.82, 2.24) is 4.90 Å². The second-order valence-electron chi connectivity index (χ2n) is 6.77. The number of nitriles is 1. The molecule has 0 aromatic heterocycles. The summed E-state index contributed by atoms with van der Waals surface area (Å²) in [4.78, 5) is 26.0. The molecule has 2 aliphatic heterocycles. The van der Waals surface area contributed by atoms with Gasteiger partial charge in [-0.1, -0.05) is 6.58 Å². The van der Waals surface area contributed by atoms with Gasteiger partial charge in [0, 0.05) is 24.4 Å². The second-order valence-corrected chi connectivity index (χ2v) is 6.77. The van der Waals surface area contributed by atoms with Gasteiger partial charge < -0.3 is 15.0 Å². The van der Waals surface area contributed by atoms with Gasteiger partial charge in [0.15, 0.2) is 0 Å². The predicted octanol–water partition coefficient (Wildman–Crippen LogP) is 2.88. The van der Waals surface area contributed by atoms with Crippen LogP contribution in [-0.4, -0.2) is 41.5 Å². The number of likely N-dealkylation sites (tertiary alicyclic amines) is 1. The first-order valence-electron chi connectivity index (χ1n) is 8.98. The summed E-state index contributed by atoms with van der Waals surface area (Å²) in [7, 11) is 0. The molecule has 1 aromatic rings. The van der Waals surface area contributed by atoms with Gasteiger partial charge in [0.05, 0.1) is 6.07 Å². The zero-order valence-corrected chi connectivity index (χ0v) is 14.7. The van der Waals surface area contributed by atoms with Crippen LogP contribution in [-0.2, 0) is 9.53 Å². The molecule has 0 aliphatic carbocycles. The maximum atomic E-state index is 13.0. The van der Waals surface area contributed by atoms with Crippen molar-refractivity contribution in [3.63, 3.8) is 0 Å². The quantitative estimate of drug-likeness (QED) is 0.847. The van der Waals surface area contributed by atoms with Crippen LogP contribution in [0.5, 0.6) is 0 Å². The lowest BCUT2D eigenvalue weighted by Crippen LogP contribution is -2.60. The minimum absolute atomic E-state index is 0.175. The molecule has 2 saturated heterocycles. The fourth-order valence-electron chi connectivity index (χ4n) is 3.85. The van der Waals surface area contributed by atoms with Gasteiger partial charge in [-0.3, -0.25) is 9.59 Å². The number of nitrogens with zero attached hydrogens (tertiary/aromatic N) is 2. The second kappa shape index (κ2) is 7.71. The van der Waals surface area contributed by atoms with E-state index in [1.807, 2.05) is 0 Å². The van der Waals surface area contributed by atoms with Crippen molar-refractivity contribution in [3.8, 4) is 6.07 Å². The third-order valence-corrected chi connectivity index (χ3v) is 5.16. The number of hydrogen-bond acceptors (Lipinski definition) is 4. The Balaban J connectivity index is 1.78. The summed E-state index contributed by atoms with van der Waals surface area (Å²) in [5.74, 6) is -0.479. The predicted molar refractivity (Wildman–Crippen MR) is 97.5 cm³/mol. The lowest BCUT2D eigenvalue weighted by molar-refractivity contribution is -0.128. The van der Waals surface area contributed by atoms with Gasteiger partial charge in [-0.25, -0.2) is 0 Å². The molecule has 2 atom stereocenters. The van der Waals surface area contributed by atoms with E-state index >= 15 is 0 Å². The zero-order chi connectivity index (χ0) is 18.6. The summed E-state index contributed by atoms with van der Waals surface area (Å²) in [5.41, 5.74) is 0.558. The Kier molecular flexibility index (Phi) is 5.38. The lowest BCUT2D eigenvalue weighted by Gasteiger charge is -2.48. The molecule has 1 spiro atoms. The monoisotopic (exact) mass is 353 g/mol. The SMILES string of the molecule is C=CC(=O)Nc1ccc(C(=O)N2CCCC3(CCCCO3)C2C#N)cc1. The highest BCUT2D eigenvalue weighted by Gasteiger charge is 2.48. The van der Waals surface area contributed by atoms with Crippen LogP contribution in [0.4, 0.5) is 5.69 Å². The summed E-state index contributed by atoms with van der Waals surface area (Å²) >= 11 is 0. The molecule has 1 N–H and O–H groups in total. The largest absolute Gasteiger partial charge is 0.372 e. The first kappa shape index (κ1) is 18.2. The van der Waals surface area contributed by atoms with Crippen LogP contribution in [0.25, 0.3) is 0 Å². The number of rotatable bonds is 3. The van der Waals surface area contributed by atoms with Crippen LogP contribution in [0.1, 0.15) is 42.5 Å². The first-order valence-corrected chi connectivity index (χ1v) is 8.98. The highest BCUT2D eigenvalue weighted by Crippen LogP contribution is 2.38. The van der Waals surface area contributed by atoms with Crippen molar-refractivity contribution in [2.75, 3.05) is 18.5 Å². The maximum Gasteiger partial charge on any atom is 0.255 e. The Morgan fingerprint density at radius 3 is 2.62 bits per heavy atom. The van der Waals surface area contributed by atoms with E-state index in [0.717, 1.165) is 32.1 Å². The Labute approximate surface area is 153 Å². The molecule has 0 radical (unpaired) electrons. The number of nitrogens with one attached hydrogen (secondary N) is 1. The molecule has 2 heterocycles. The number of amides is 2. The number of hydrogen-bond donors (Lipinski definition) is 1. The van der Waals surface area contributed by atoms with Crippen molar-refractivity contribution in [3.05, 3.63) is 42.5 Å². The van der Waals surface area contributed by atoms with E-state index in [0.29, 0.717) is 24.4 Å². The topological polar surface area (TPSA) is 82.4 Å². The number of piperidine rings is 1. The Morgan fingerprint density at radius 2 is 2.00 bits per heavy atom. The van der Waals surface area contributed by atoms with Gasteiger partial charge in [0.25, 0.3) is 5.91 Å². The van der Waals surface area contributed by atoms with Crippen LogP contribution in [0, 0.1) is 11.3 Å². The zero-order valence-electron chi connectivity index (χ0n) is 14.7. The minimum atomic E-state index is -0.566. The molecule has 2 unspecified atom stereocenters. The van der Waals surface area contributed by atoms with E-state index in [1.165, 1.54) is 6.08 Å². The standard InChI is InChI=1S/C20H23N3O3/c1-2-18(24)22-16-8-6-15(7-9-16)19(25)23-12-5-11-20(17(23)14-21)10-3-4-13-26-20/h2,6-9,17H,1,3-5,10-13H2,(H,22,24). The molecular weight excluding hydrogens is 330 g/mol. The van der Waals surface area contributed by atoms with Crippen LogP contribution in [0.15, 0.2) is 36.9 Å². The average Bonchev–Trinajstić information content (AvgIpc) is 2.68. The number of benzene rings is 1. The van der Waals surface area contributed by atoms with E-state index in [9.17, 15) is 14.9 Å². The summed E-state index contributed by atoms with van der Waals surface area (Å²) < 4.78 is 6.03. The lowest BCUT2D eigenvalue weighted by atomic mass is 9.79. The van der Waals surface area contributed by atoms with Gasteiger partial charge >= 0.3 is 0 Å². The highest BCUT2D eigenvalue weighted by molar-refractivity contribution is 5.99. The normalized spacial score (nSPS) is 25.3. The van der Waals surface area contributed by atoms with Crippen molar-refractivity contribution >= 4 is 17.5 Å². The van der Waals surface area contributed by atoms with E-state index in [-0.39, 0.29) is 11.8 Å². The molecule has 2 aliphatic rings. The number of carbonyl (C=O) groups is 2. The molecule has 2 amide bonds. The van der Waals surface area contributed by atoms with Crippen LogP contribution in [0.3, 0.4) is 0 Å². The van der Waals surface area contributed by atoms with Crippen molar-refractivity contribution in [1.29, 1.82) is 5.26 Å². The fourth-order valence-corrected chi connectivity index (χ4v) is 3.85. The van der Waals surface area contributed by atoms with Gasteiger partial charge in [0.2, 0.25) is 5.91 Å². The molecule has 136 valence electrons. The molecular formula is C20H23N3O3. The summed E-state index contributed by atoms with van der Waals surface area (Å²) in [6.07, 6.45) is 5.69. The molecule has 1 aromatic carbocycles. The molecule has 0 saturated carbocycles. The van der Waals surface area contributed by atoms with Crippen molar-refractivity contribution < 1.29 is 14.3 Å². The van der Waals surface area contributed by atoms with E-state index in [2.05, 4.69) is 18.0 Å². The molecule has 6 nitrogen and oxygen atoms in total. The van der Waals surface area contributed by atoms with Gasteiger partial charge in [-0.2, -0.15) is 5.26 Å². The van der Waals surface area contributed by atoms with Gasteiger partial charge in [-0.05, 0) is 62.4 Å². The van der Waals surface area contributed by atoms with Gasteiger partial charge in [-0.15, -0.1) is 0 Å². The summed E-state index contributed by atoms with van der Waals surface area (Å²) in [5, 5.41) is 12.4. The van der Waals surface area contributed by atoms with E-state index in [1.54, 1.807) is 29.2 Å². The molecule has 2 fully saturated rings. The highest BCUT2D eigenvalue weighted by atomic mass is 16.5. The van der Waals surface area contributed by atoms with E-state index < -0.39 is 11.6 Å². The third kappa shape index (κ3) is 3.49. The average molecular weight is 353 g/mol. The molecule has 6 heteroatoms. The van der Waals surface area contributed by atoms with Crippen LogP contribution < -0.4 is 5.32 Å². The number of ether oxygens (including phenoxy) is 1. The third-order valence-electron chi connectivity index (χ3n) is 5.16. The Hall–Kier alpha value is -2.65. The fraction of sp³-hybridized carbons (Fsp3) is 0.450. The van der Waals surface area contributed by atoms with Crippen molar-refractivity contribution in [2.45, 2.75) is 43.7 Å². The summed E-state index contributed by atoms with van der Waals surface area (Å²) in [6.45, 7) is 4.61. The molecule has 26 heavy (non-hydrogen) atoms. The Morgan fingerprint density at radius 1 is 1.27 bits per heavy atom. The molecule has 3 rings (SSSR count). The van der Waals surface area contributed by atoms with Crippen LogP contribution in [0.2, 0.25) is 0 Å². The number of anilines is 1. The van der Waals surface area contributed by atoms with Crippen molar-refractivity contribution in [2.24, 2.45) is 0 Å². The smallest absolute Gasteiger partial charge is 0.255 e. The Bertz CT molecular complexity index is 724. The summed E-state index contributed by atoms with van der Waals surface area (Å²) in [6, 6.07) is 8.43. The van der Waals surface area contributed by atoms with Gasteiger partial charge in [0.1, 0.15) is 11.6 Å².